The Balaban J connectivity index is 1.93. The van der Waals surface area contributed by atoms with Crippen molar-refractivity contribution in [2.75, 3.05) is 19.3 Å². The maximum absolute atomic E-state index is 12.1. The molecule has 0 bridgehead atoms. The molecule has 18 heavy (non-hydrogen) atoms. The summed E-state index contributed by atoms with van der Waals surface area (Å²) < 4.78 is 24.2. The SMILES string of the molecule is C[C@@H](C1CC1)N(C)CCS(=O)(=O)c1ccccc1. The third-order valence-electron chi connectivity index (χ3n) is 3.81. The normalized spacial score (nSPS) is 17.9. The summed E-state index contributed by atoms with van der Waals surface area (Å²) in [7, 11) is -1.12. The van der Waals surface area contributed by atoms with Crippen LogP contribution in [0.5, 0.6) is 0 Å². The van der Waals surface area contributed by atoms with Gasteiger partial charge in [0.05, 0.1) is 10.6 Å². The largest absolute Gasteiger partial charge is 0.302 e. The standard InChI is InChI=1S/C14H21NO2S/c1-12(13-8-9-13)15(2)10-11-18(16,17)14-6-4-3-5-7-14/h3-7,12-13H,8-11H2,1-2H3/t12-/m0/s1. The first-order valence-electron chi connectivity index (χ1n) is 6.49. The van der Waals surface area contributed by atoms with Crippen LogP contribution in [0.25, 0.3) is 0 Å². The van der Waals surface area contributed by atoms with Gasteiger partial charge in [-0.2, -0.15) is 0 Å². The van der Waals surface area contributed by atoms with Crippen LogP contribution in [0, 0.1) is 5.92 Å². The average Bonchev–Trinajstić information content (AvgIpc) is 3.20. The molecule has 4 heteroatoms. The number of benzene rings is 1. The first-order chi connectivity index (χ1) is 8.50. The van der Waals surface area contributed by atoms with Crippen LogP contribution in [0.2, 0.25) is 0 Å². The van der Waals surface area contributed by atoms with Crippen molar-refractivity contribution in [3.05, 3.63) is 30.3 Å². The molecule has 0 radical (unpaired) electrons. The Morgan fingerprint density at radius 1 is 1.28 bits per heavy atom. The summed E-state index contributed by atoms with van der Waals surface area (Å²) in [4.78, 5) is 2.59. The van der Waals surface area contributed by atoms with Crippen LogP contribution in [0.15, 0.2) is 35.2 Å². The molecule has 0 heterocycles. The van der Waals surface area contributed by atoms with E-state index in [0.717, 1.165) is 5.92 Å². The topological polar surface area (TPSA) is 37.4 Å². The molecular weight excluding hydrogens is 246 g/mol. The predicted molar refractivity (Wildman–Crippen MR) is 73.3 cm³/mol. The van der Waals surface area contributed by atoms with E-state index >= 15 is 0 Å². The van der Waals surface area contributed by atoms with Crippen molar-refractivity contribution in [3.8, 4) is 0 Å². The van der Waals surface area contributed by atoms with Gasteiger partial charge in [-0.15, -0.1) is 0 Å². The van der Waals surface area contributed by atoms with Gasteiger partial charge in [-0.1, -0.05) is 18.2 Å². The van der Waals surface area contributed by atoms with Crippen LogP contribution >= 0.6 is 0 Å². The molecule has 0 aromatic heterocycles. The predicted octanol–water partition coefficient (Wildman–Crippen LogP) is 2.19. The van der Waals surface area contributed by atoms with Gasteiger partial charge in [0.25, 0.3) is 0 Å². The molecule has 3 nitrogen and oxygen atoms in total. The Hall–Kier alpha value is -0.870. The lowest BCUT2D eigenvalue weighted by Gasteiger charge is -2.24. The first-order valence-corrected chi connectivity index (χ1v) is 8.14. The molecule has 0 amide bonds. The van der Waals surface area contributed by atoms with Crippen molar-refractivity contribution >= 4 is 9.84 Å². The summed E-state index contributed by atoms with van der Waals surface area (Å²) in [6.07, 6.45) is 2.58. The fourth-order valence-corrected chi connectivity index (χ4v) is 3.49. The highest BCUT2D eigenvalue weighted by Crippen LogP contribution is 2.34. The number of nitrogens with zero attached hydrogens (tertiary/aromatic N) is 1. The number of hydrogen-bond acceptors (Lipinski definition) is 3. The van der Waals surface area contributed by atoms with Crippen LogP contribution in [0.4, 0.5) is 0 Å². The highest BCUT2D eigenvalue weighted by Gasteiger charge is 2.30. The van der Waals surface area contributed by atoms with Crippen molar-refractivity contribution in [1.82, 2.24) is 4.90 Å². The second-order valence-corrected chi connectivity index (χ2v) is 7.30. The zero-order valence-corrected chi connectivity index (χ0v) is 11.9. The Morgan fingerprint density at radius 2 is 1.89 bits per heavy atom. The Labute approximate surface area is 110 Å². The maximum Gasteiger partial charge on any atom is 0.179 e. The summed E-state index contributed by atoms with van der Waals surface area (Å²) in [5.74, 6) is 0.972. The van der Waals surface area contributed by atoms with E-state index in [1.165, 1.54) is 12.8 Å². The summed E-state index contributed by atoms with van der Waals surface area (Å²) in [5.41, 5.74) is 0. The summed E-state index contributed by atoms with van der Waals surface area (Å²) in [5, 5.41) is 0. The lowest BCUT2D eigenvalue weighted by Crippen LogP contribution is -2.34. The van der Waals surface area contributed by atoms with Gasteiger partial charge >= 0.3 is 0 Å². The van der Waals surface area contributed by atoms with E-state index in [-0.39, 0.29) is 5.75 Å². The molecule has 1 aromatic rings. The molecule has 1 atom stereocenters. The minimum absolute atomic E-state index is 0.199. The molecule has 0 aliphatic heterocycles. The van der Waals surface area contributed by atoms with E-state index in [0.29, 0.717) is 17.5 Å². The second kappa shape index (κ2) is 5.41. The van der Waals surface area contributed by atoms with E-state index in [1.807, 2.05) is 13.1 Å². The highest BCUT2D eigenvalue weighted by atomic mass is 32.2. The van der Waals surface area contributed by atoms with E-state index in [1.54, 1.807) is 24.3 Å². The number of hydrogen-bond donors (Lipinski definition) is 0. The van der Waals surface area contributed by atoms with Gasteiger partial charge < -0.3 is 4.90 Å². The van der Waals surface area contributed by atoms with E-state index in [4.69, 9.17) is 0 Å². The fourth-order valence-electron chi connectivity index (χ4n) is 2.15. The Kier molecular flexibility index (Phi) is 4.07. The van der Waals surface area contributed by atoms with E-state index in [2.05, 4.69) is 11.8 Å². The summed E-state index contributed by atoms with van der Waals surface area (Å²) in [6.45, 7) is 2.79. The monoisotopic (exact) mass is 267 g/mol. The molecule has 2 rings (SSSR count). The van der Waals surface area contributed by atoms with E-state index in [9.17, 15) is 8.42 Å². The molecule has 0 saturated heterocycles. The molecule has 1 aliphatic rings. The van der Waals surface area contributed by atoms with Crippen molar-refractivity contribution in [2.45, 2.75) is 30.7 Å². The molecule has 100 valence electrons. The molecule has 1 aliphatic carbocycles. The second-order valence-electron chi connectivity index (χ2n) is 5.19. The van der Waals surface area contributed by atoms with Gasteiger partial charge in [0.2, 0.25) is 0 Å². The van der Waals surface area contributed by atoms with Crippen molar-refractivity contribution < 1.29 is 8.42 Å². The van der Waals surface area contributed by atoms with Crippen molar-refractivity contribution in [2.24, 2.45) is 5.92 Å². The third-order valence-corrected chi connectivity index (χ3v) is 5.52. The minimum atomic E-state index is -3.14. The van der Waals surface area contributed by atoms with Gasteiger partial charge in [0.15, 0.2) is 9.84 Å². The number of rotatable bonds is 6. The summed E-state index contributed by atoms with van der Waals surface area (Å²) in [6, 6.07) is 9.20. The molecule has 1 fully saturated rings. The van der Waals surface area contributed by atoms with Crippen molar-refractivity contribution in [1.29, 1.82) is 0 Å². The van der Waals surface area contributed by atoms with Gasteiger partial charge in [0, 0.05) is 12.6 Å². The maximum atomic E-state index is 12.1. The third kappa shape index (κ3) is 3.33. The quantitative estimate of drug-likeness (QED) is 0.793. The lowest BCUT2D eigenvalue weighted by atomic mass is 10.2. The first kappa shape index (κ1) is 13.6. The highest BCUT2D eigenvalue weighted by molar-refractivity contribution is 7.91. The Bertz CT molecular complexity index is 480. The molecule has 1 saturated carbocycles. The molecule has 0 unspecified atom stereocenters. The average molecular weight is 267 g/mol. The van der Waals surface area contributed by atoms with Gasteiger partial charge in [-0.3, -0.25) is 0 Å². The minimum Gasteiger partial charge on any atom is -0.302 e. The van der Waals surface area contributed by atoms with Gasteiger partial charge in [-0.25, -0.2) is 8.42 Å². The van der Waals surface area contributed by atoms with E-state index < -0.39 is 9.84 Å². The van der Waals surface area contributed by atoms with Crippen molar-refractivity contribution in [3.63, 3.8) is 0 Å². The van der Waals surface area contributed by atoms with Crippen LogP contribution in [0.1, 0.15) is 19.8 Å². The van der Waals surface area contributed by atoms with Crippen LogP contribution in [0.3, 0.4) is 0 Å². The van der Waals surface area contributed by atoms with Gasteiger partial charge in [-0.05, 0) is 44.9 Å². The zero-order chi connectivity index (χ0) is 13.2. The number of sulfone groups is 1. The fraction of sp³-hybridized carbons (Fsp3) is 0.571. The molecular formula is C14H21NO2S. The van der Waals surface area contributed by atoms with Crippen LogP contribution in [-0.2, 0) is 9.84 Å². The molecule has 0 spiro atoms. The summed E-state index contributed by atoms with van der Waals surface area (Å²) >= 11 is 0. The zero-order valence-electron chi connectivity index (χ0n) is 11.0. The van der Waals surface area contributed by atoms with Gasteiger partial charge in [0.1, 0.15) is 0 Å². The lowest BCUT2D eigenvalue weighted by molar-refractivity contribution is 0.247. The molecule has 1 aromatic carbocycles. The smallest absolute Gasteiger partial charge is 0.179 e. The molecule has 0 N–H and O–H groups in total. The van der Waals surface area contributed by atoms with Crippen LogP contribution < -0.4 is 0 Å². The van der Waals surface area contributed by atoms with Crippen LogP contribution in [-0.4, -0.2) is 38.7 Å². The Morgan fingerprint density at radius 3 is 2.44 bits per heavy atom.